The molecular weight excluding hydrogens is 905 g/mol. The van der Waals surface area contributed by atoms with Gasteiger partial charge in [0.05, 0.1) is 56.9 Å². The van der Waals surface area contributed by atoms with Crippen molar-refractivity contribution in [1.82, 2.24) is 0 Å². The number of rotatable bonds is 6. The minimum atomic E-state index is 0.251. The van der Waals surface area contributed by atoms with Gasteiger partial charge in [-0.3, -0.25) is 0 Å². The quantitative estimate of drug-likeness (QED) is 0.154. The highest BCUT2D eigenvalue weighted by molar-refractivity contribution is 7.26. The molecule has 348 valence electrons. The van der Waals surface area contributed by atoms with Crippen LogP contribution in [0.15, 0.2) is 218 Å². The van der Waals surface area contributed by atoms with Crippen LogP contribution < -0.4 is 19.6 Å². The standard InChI is InChI=1S/C68H50N4S/c1-41(2)49-36-46-32-34-60(72-58-30-18-15-27-55(58)70(48-23-9-6-10-24-48)61-39-52-51-35-43-19-11-12-20-44(43)38-63(51)73-64(52)40-62(61)72)68-50(42(3)4)37-45-31-33-59(67(49)65(45)66(46)68)71-56-28-16-13-25-53(56)69(47-21-7-5-8-22-47)54-26-14-17-29-57(54)71/h5-42H,1-4H3. The molecule has 12 aromatic carbocycles. The van der Waals surface area contributed by atoms with E-state index in [1.165, 1.54) is 97.1 Å². The second-order valence-corrected chi connectivity index (χ2v) is 21.6. The van der Waals surface area contributed by atoms with Gasteiger partial charge in [0.15, 0.2) is 0 Å². The first-order valence-corrected chi connectivity index (χ1v) is 26.5. The summed E-state index contributed by atoms with van der Waals surface area (Å²) < 4.78 is 2.59. The zero-order chi connectivity index (χ0) is 48.6. The molecule has 13 aromatic rings. The summed E-state index contributed by atoms with van der Waals surface area (Å²) in [6.07, 6.45) is 0. The maximum Gasteiger partial charge on any atom is 0.0718 e. The Morgan fingerprint density at radius 3 is 1.12 bits per heavy atom. The second-order valence-electron chi connectivity index (χ2n) is 20.5. The Kier molecular flexibility index (Phi) is 9.18. The average molecular weight is 955 g/mol. The van der Waals surface area contributed by atoms with E-state index in [1.54, 1.807) is 0 Å². The number of nitrogens with zero attached hydrogens (tertiary/aromatic N) is 4. The summed E-state index contributed by atoms with van der Waals surface area (Å²) in [5, 5.41) is 12.9. The van der Waals surface area contributed by atoms with Crippen LogP contribution in [0, 0.1) is 0 Å². The van der Waals surface area contributed by atoms with Crippen molar-refractivity contribution in [2.24, 2.45) is 0 Å². The molecule has 1 aromatic heterocycles. The molecule has 2 aliphatic rings. The summed E-state index contributed by atoms with van der Waals surface area (Å²) in [5.74, 6) is 0.514. The minimum Gasteiger partial charge on any atom is -0.306 e. The maximum absolute atomic E-state index is 2.60. The summed E-state index contributed by atoms with van der Waals surface area (Å²) >= 11 is 1.90. The normalized spacial score (nSPS) is 13.3. The summed E-state index contributed by atoms with van der Waals surface area (Å²) in [5.41, 5.74) is 16.6. The Bertz CT molecular complexity index is 4320. The third-order valence-corrected chi connectivity index (χ3v) is 16.8. The van der Waals surface area contributed by atoms with E-state index in [0.29, 0.717) is 0 Å². The van der Waals surface area contributed by atoms with Crippen molar-refractivity contribution < 1.29 is 0 Å². The number of thiophene rings is 1. The van der Waals surface area contributed by atoms with Crippen molar-refractivity contribution in [1.29, 1.82) is 0 Å². The monoisotopic (exact) mass is 954 g/mol. The average Bonchev–Trinajstić information content (AvgIpc) is 3.77. The summed E-state index contributed by atoms with van der Waals surface area (Å²) in [4.78, 5) is 10.0. The Hall–Kier alpha value is -8.64. The molecule has 0 saturated heterocycles. The van der Waals surface area contributed by atoms with Gasteiger partial charge in [0.25, 0.3) is 0 Å². The fraction of sp³-hybridized carbons (Fsp3) is 0.0882. The van der Waals surface area contributed by atoms with Gasteiger partial charge in [-0.25, -0.2) is 0 Å². The summed E-state index contributed by atoms with van der Waals surface area (Å²) in [6.45, 7) is 9.46. The van der Waals surface area contributed by atoms with Crippen LogP contribution in [0.2, 0.25) is 0 Å². The lowest BCUT2D eigenvalue weighted by Gasteiger charge is -2.41. The van der Waals surface area contributed by atoms with Gasteiger partial charge in [-0.05, 0) is 152 Å². The van der Waals surface area contributed by atoms with Crippen molar-refractivity contribution in [3.05, 3.63) is 230 Å². The third kappa shape index (κ3) is 6.12. The fourth-order valence-corrected chi connectivity index (χ4v) is 13.6. The first-order valence-electron chi connectivity index (χ1n) is 25.6. The molecule has 3 heterocycles. The molecule has 2 aliphatic heterocycles. The molecule has 0 amide bonds. The Balaban J connectivity index is 1.03. The molecule has 5 heteroatoms. The lowest BCUT2D eigenvalue weighted by atomic mass is 9.82. The molecule has 0 saturated carbocycles. The van der Waals surface area contributed by atoms with Crippen molar-refractivity contribution >= 4 is 143 Å². The number of benzene rings is 12. The molecule has 0 aliphatic carbocycles. The largest absolute Gasteiger partial charge is 0.306 e. The highest BCUT2D eigenvalue weighted by Gasteiger charge is 2.36. The van der Waals surface area contributed by atoms with Crippen LogP contribution in [0.25, 0.3) is 63.3 Å². The number of anilines is 12. The Labute approximate surface area is 429 Å². The van der Waals surface area contributed by atoms with E-state index in [2.05, 4.69) is 266 Å². The van der Waals surface area contributed by atoms with Crippen LogP contribution in [0.3, 0.4) is 0 Å². The van der Waals surface area contributed by atoms with E-state index in [1.807, 2.05) is 11.3 Å². The third-order valence-electron chi connectivity index (χ3n) is 15.6. The SMILES string of the molecule is CC(C)c1cc2ccc(N3c4ccccc4N(c4ccccc4)c4cc5c(cc43)sc3cc4ccccc4cc35)c3c(C(C)C)cc4ccc(N5c6ccccc6N(c6ccccc6)c6ccccc65)c1c4c23. The van der Waals surface area contributed by atoms with Crippen LogP contribution in [-0.4, -0.2) is 0 Å². The van der Waals surface area contributed by atoms with E-state index in [-0.39, 0.29) is 11.8 Å². The van der Waals surface area contributed by atoms with Crippen LogP contribution >= 0.6 is 11.3 Å². The lowest BCUT2D eigenvalue weighted by Crippen LogP contribution is -2.24. The van der Waals surface area contributed by atoms with Gasteiger partial charge in [0, 0.05) is 42.3 Å². The molecule has 0 unspecified atom stereocenters. The molecule has 73 heavy (non-hydrogen) atoms. The molecule has 15 rings (SSSR count). The summed E-state index contributed by atoms with van der Waals surface area (Å²) in [6, 6.07) is 81.8. The highest BCUT2D eigenvalue weighted by Crippen LogP contribution is 2.60. The lowest BCUT2D eigenvalue weighted by molar-refractivity contribution is 0.875. The molecule has 4 nitrogen and oxygen atoms in total. The number of fused-ring (bicyclic) bond motifs is 8. The van der Waals surface area contributed by atoms with Gasteiger partial charge in [-0.15, -0.1) is 11.3 Å². The minimum absolute atomic E-state index is 0.251. The Morgan fingerprint density at radius 1 is 0.274 bits per heavy atom. The van der Waals surface area contributed by atoms with E-state index < -0.39 is 0 Å². The van der Waals surface area contributed by atoms with E-state index in [0.717, 1.165) is 45.5 Å². The van der Waals surface area contributed by atoms with Gasteiger partial charge in [0.1, 0.15) is 0 Å². The molecule has 0 atom stereocenters. The molecule has 0 spiro atoms. The van der Waals surface area contributed by atoms with Crippen LogP contribution in [-0.2, 0) is 0 Å². The van der Waals surface area contributed by atoms with E-state index in [9.17, 15) is 0 Å². The van der Waals surface area contributed by atoms with Crippen molar-refractivity contribution in [2.45, 2.75) is 39.5 Å². The molecule has 0 bridgehead atoms. The number of hydrogen-bond donors (Lipinski definition) is 0. The predicted octanol–water partition coefficient (Wildman–Crippen LogP) is 20.9. The molecule has 0 radical (unpaired) electrons. The van der Waals surface area contributed by atoms with Crippen LogP contribution in [0.5, 0.6) is 0 Å². The van der Waals surface area contributed by atoms with E-state index >= 15 is 0 Å². The topological polar surface area (TPSA) is 13.0 Å². The fourth-order valence-electron chi connectivity index (χ4n) is 12.5. The maximum atomic E-state index is 2.60. The number of para-hydroxylation sites is 8. The first-order chi connectivity index (χ1) is 35.9. The Morgan fingerprint density at radius 2 is 0.644 bits per heavy atom. The van der Waals surface area contributed by atoms with Gasteiger partial charge >= 0.3 is 0 Å². The van der Waals surface area contributed by atoms with Crippen molar-refractivity contribution in [3.8, 4) is 0 Å². The van der Waals surface area contributed by atoms with Gasteiger partial charge in [-0.2, -0.15) is 0 Å². The zero-order valence-corrected chi connectivity index (χ0v) is 42.0. The second kappa shape index (κ2) is 15.9. The predicted molar refractivity (Wildman–Crippen MR) is 315 cm³/mol. The first kappa shape index (κ1) is 42.1. The zero-order valence-electron chi connectivity index (χ0n) is 41.1. The van der Waals surface area contributed by atoms with Crippen molar-refractivity contribution in [3.63, 3.8) is 0 Å². The van der Waals surface area contributed by atoms with E-state index in [4.69, 9.17) is 0 Å². The summed E-state index contributed by atoms with van der Waals surface area (Å²) in [7, 11) is 0. The smallest absolute Gasteiger partial charge is 0.0718 e. The molecule has 0 N–H and O–H groups in total. The van der Waals surface area contributed by atoms with Gasteiger partial charge in [-0.1, -0.05) is 149 Å². The molecule has 0 fully saturated rings. The van der Waals surface area contributed by atoms with Crippen LogP contribution in [0.1, 0.15) is 50.7 Å². The molecular formula is C68H50N4S. The van der Waals surface area contributed by atoms with Crippen LogP contribution in [0.4, 0.5) is 68.2 Å². The van der Waals surface area contributed by atoms with Crippen molar-refractivity contribution in [2.75, 3.05) is 19.6 Å². The highest BCUT2D eigenvalue weighted by atomic mass is 32.1. The number of hydrogen-bond acceptors (Lipinski definition) is 5. The van der Waals surface area contributed by atoms with Gasteiger partial charge in [0.2, 0.25) is 0 Å². The van der Waals surface area contributed by atoms with Gasteiger partial charge < -0.3 is 19.6 Å².